The Hall–Kier alpha value is -1.18. The average molecular weight is 280 g/mol. The lowest BCUT2D eigenvalue weighted by Crippen LogP contribution is -2.13. The maximum atomic E-state index is 11.3. The number of ether oxygens (including phenoxy) is 1. The van der Waals surface area contributed by atoms with Crippen molar-refractivity contribution in [2.24, 2.45) is 0 Å². The van der Waals surface area contributed by atoms with E-state index in [0.717, 1.165) is 13.5 Å². The quantitative estimate of drug-likeness (QED) is 0.616. The zero-order valence-electron chi connectivity index (χ0n) is 11.5. The maximum absolute atomic E-state index is 11.3. The summed E-state index contributed by atoms with van der Waals surface area (Å²) >= 11 is 0. The van der Waals surface area contributed by atoms with E-state index < -0.39 is 6.10 Å². The van der Waals surface area contributed by atoms with Crippen molar-refractivity contribution in [3.8, 4) is 0 Å². The fourth-order valence-corrected chi connectivity index (χ4v) is 2.38. The molecule has 104 valence electrons. The Labute approximate surface area is 116 Å². The van der Waals surface area contributed by atoms with Gasteiger partial charge in [0, 0.05) is 11.7 Å². The lowest BCUT2D eigenvalue weighted by Gasteiger charge is -2.08. The van der Waals surface area contributed by atoms with Crippen LogP contribution in [0, 0.1) is 0 Å². The van der Waals surface area contributed by atoms with E-state index in [2.05, 4.69) is 0 Å². The fraction of sp³-hybridized carbons (Fsp3) is 0.467. The van der Waals surface area contributed by atoms with Gasteiger partial charge in [0.25, 0.3) is 0 Å². The highest BCUT2D eigenvalue weighted by Gasteiger charge is 2.07. The van der Waals surface area contributed by atoms with Crippen LogP contribution < -0.4 is 5.30 Å². The highest BCUT2D eigenvalue weighted by Crippen LogP contribution is 2.05. The van der Waals surface area contributed by atoms with E-state index in [9.17, 15) is 9.90 Å². The van der Waals surface area contributed by atoms with E-state index in [1.54, 1.807) is 0 Å². The molecule has 0 bridgehead atoms. The molecule has 0 aliphatic carbocycles. The third-order valence-electron chi connectivity index (χ3n) is 2.40. The van der Waals surface area contributed by atoms with Gasteiger partial charge in [0.2, 0.25) is 0 Å². The van der Waals surface area contributed by atoms with Crippen LogP contribution in [0.5, 0.6) is 0 Å². The highest BCUT2D eigenvalue weighted by molar-refractivity contribution is 7.47. The Balaban J connectivity index is 2.23. The fourth-order valence-electron chi connectivity index (χ4n) is 1.54. The van der Waals surface area contributed by atoms with Crippen LogP contribution >= 0.6 is 8.20 Å². The molecule has 0 aliphatic rings. The molecule has 19 heavy (non-hydrogen) atoms. The molecule has 1 N–H and O–H groups in total. The summed E-state index contributed by atoms with van der Waals surface area (Å²) in [4.78, 5) is 11.3. The predicted octanol–water partition coefficient (Wildman–Crippen LogP) is 2.54. The van der Waals surface area contributed by atoms with Gasteiger partial charge in [0.15, 0.2) is 0 Å². The predicted molar refractivity (Wildman–Crippen MR) is 80.1 cm³/mol. The molecule has 1 rings (SSSR count). The summed E-state index contributed by atoms with van der Waals surface area (Å²) < 4.78 is 5.03. The van der Waals surface area contributed by atoms with Crippen molar-refractivity contribution in [1.82, 2.24) is 0 Å². The van der Waals surface area contributed by atoms with Gasteiger partial charge in [-0.15, -0.1) is 0 Å². The van der Waals surface area contributed by atoms with Crippen LogP contribution in [0.4, 0.5) is 0 Å². The van der Waals surface area contributed by atoms with Crippen molar-refractivity contribution in [3.05, 3.63) is 30.3 Å². The largest absolute Gasteiger partial charge is 0.463 e. The topological polar surface area (TPSA) is 46.5 Å². The molecular weight excluding hydrogens is 259 g/mol. The number of aliphatic hydroxyl groups is 1. The van der Waals surface area contributed by atoms with Crippen molar-refractivity contribution >= 4 is 25.3 Å². The molecule has 0 heterocycles. The molecule has 4 heteroatoms. The molecule has 0 spiro atoms. The molecule has 0 saturated carbocycles. The molecule has 3 nitrogen and oxygen atoms in total. The molecule has 0 radical (unpaired) electrons. The third kappa shape index (κ3) is 7.76. The first-order chi connectivity index (χ1) is 9.08. The third-order valence-corrected chi connectivity index (χ3v) is 3.49. The first kappa shape index (κ1) is 15.9. The maximum Gasteiger partial charge on any atom is 0.306 e. The van der Waals surface area contributed by atoms with Crippen LogP contribution in [0.25, 0.3) is 0 Å². The minimum atomic E-state index is -0.478. The smallest absolute Gasteiger partial charge is 0.306 e. The first-order valence-corrected chi connectivity index (χ1v) is 7.51. The second-order valence-corrected chi connectivity index (χ2v) is 5.68. The normalized spacial score (nSPS) is 12.8. The number of rotatable bonds is 7. The molecule has 1 atom stereocenters. The lowest BCUT2D eigenvalue weighted by molar-refractivity contribution is -0.147. The van der Waals surface area contributed by atoms with Crippen molar-refractivity contribution in [3.63, 3.8) is 0 Å². The second kappa shape index (κ2) is 8.84. The van der Waals surface area contributed by atoms with Gasteiger partial charge in [0.1, 0.15) is 0 Å². The van der Waals surface area contributed by atoms with Crippen LogP contribution in [0.2, 0.25) is 0 Å². The van der Waals surface area contributed by atoms with Crippen molar-refractivity contribution in [1.29, 1.82) is 0 Å². The minimum absolute atomic E-state index is 0.0689. The van der Waals surface area contributed by atoms with Gasteiger partial charge in [0.05, 0.1) is 12.2 Å². The van der Waals surface area contributed by atoms with Crippen LogP contribution in [-0.4, -0.2) is 29.1 Å². The van der Waals surface area contributed by atoms with Gasteiger partial charge in [-0.3, -0.25) is 4.79 Å². The summed E-state index contributed by atoms with van der Waals surface area (Å²) in [5.41, 5.74) is 0. The average Bonchev–Trinajstić information content (AvgIpc) is 2.36. The van der Waals surface area contributed by atoms with Crippen molar-refractivity contribution < 1.29 is 14.6 Å². The van der Waals surface area contributed by atoms with Crippen LogP contribution in [-0.2, 0) is 9.53 Å². The van der Waals surface area contributed by atoms with Gasteiger partial charge >= 0.3 is 5.97 Å². The summed E-state index contributed by atoms with van der Waals surface area (Å²) in [6, 6.07) is 9.96. The monoisotopic (exact) mass is 280 g/mol. The summed E-state index contributed by atoms with van der Waals surface area (Å²) in [5.74, 6) is 1.66. The summed E-state index contributed by atoms with van der Waals surface area (Å²) in [6.45, 7) is 3.67. The number of esters is 1. The summed E-state index contributed by atoms with van der Waals surface area (Å²) in [6.07, 6.45) is 1.06. The number of hydrogen-bond acceptors (Lipinski definition) is 3. The van der Waals surface area contributed by atoms with E-state index in [-0.39, 0.29) is 12.1 Å². The number of carbonyl (C=O) groups is 1. The molecular formula is C15H21O3P. The Morgan fingerprint density at radius 2 is 2.05 bits per heavy atom. The van der Waals surface area contributed by atoms with E-state index in [1.165, 1.54) is 0 Å². The number of aliphatic hydroxyl groups excluding tert-OH is 1. The van der Waals surface area contributed by atoms with E-state index in [4.69, 9.17) is 4.74 Å². The molecule has 0 aliphatic heterocycles. The van der Waals surface area contributed by atoms with Crippen LogP contribution in [0.15, 0.2) is 30.3 Å². The number of benzene rings is 1. The highest BCUT2D eigenvalue weighted by atomic mass is 31.1. The standard InChI is InChI=1S/C15H21O3P/c1-12(2)18-15(17)10-6-7-13(16)11-19-14-8-4-3-5-9-14/h3-5,8-9,11-13,16H,6-7,10H2,1-2H3/t13-/m0/s1. The zero-order chi connectivity index (χ0) is 14.1. The molecule has 0 amide bonds. The van der Waals surface area contributed by atoms with Gasteiger partial charge in [-0.1, -0.05) is 38.5 Å². The molecule has 0 saturated heterocycles. The van der Waals surface area contributed by atoms with Crippen LogP contribution in [0.3, 0.4) is 0 Å². The molecule has 1 aromatic carbocycles. The van der Waals surface area contributed by atoms with Crippen molar-refractivity contribution in [2.75, 3.05) is 0 Å². The minimum Gasteiger partial charge on any atom is -0.463 e. The van der Waals surface area contributed by atoms with E-state index in [1.807, 2.05) is 50.0 Å². The number of carbonyl (C=O) groups excluding carboxylic acids is 1. The van der Waals surface area contributed by atoms with Gasteiger partial charge in [-0.25, -0.2) is 0 Å². The SMILES string of the molecule is CC(C)OC(=O)CCC[C@H](O)/C=P/c1ccccc1. The van der Waals surface area contributed by atoms with Gasteiger partial charge in [-0.05, 0) is 32.5 Å². The molecule has 0 unspecified atom stereocenters. The lowest BCUT2D eigenvalue weighted by atomic mass is 10.2. The molecule has 0 fully saturated rings. The Morgan fingerprint density at radius 1 is 1.37 bits per heavy atom. The molecule has 0 aromatic heterocycles. The Bertz CT molecular complexity index is 401. The van der Waals surface area contributed by atoms with Gasteiger partial charge < -0.3 is 9.84 Å². The van der Waals surface area contributed by atoms with E-state index in [0.29, 0.717) is 19.3 Å². The number of hydrogen-bond donors (Lipinski definition) is 1. The zero-order valence-corrected chi connectivity index (χ0v) is 12.3. The Morgan fingerprint density at radius 3 is 2.68 bits per heavy atom. The summed E-state index contributed by atoms with van der Waals surface area (Å²) in [7, 11) is 1.00. The van der Waals surface area contributed by atoms with Crippen LogP contribution in [0.1, 0.15) is 33.1 Å². The van der Waals surface area contributed by atoms with Gasteiger partial charge in [-0.2, -0.15) is 0 Å². The van der Waals surface area contributed by atoms with E-state index >= 15 is 0 Å². The Kier molecular flexibility index (Phi) is 7.39. The second-order valence-electron chi connectivity index (χ2n) is 4.61. The summed E-state index contributed by atoms with van der Waals surface area (Å²) in [5, 5.41) is 10.9. The first-order valence-electron chi connectivity index (χ1n) is 6.54. The molecule has 1 aromatic rings. The van der Waals surface area contributed by atoms with Crippen molar-refractivity contribution in [2.45, 2.75) is 45.3 Å².